The van der Waals surface area contributed by atoms with Gasteiger partial charge in [0.05, 0.1) is 6.42 Å². The van der Waals surface area contributed by atoms with Crippen molar-refractivity contribution in [2.75, 3.05) is 5.32 Å². The maximum atomic E-state index is 12.3. The second kappa shape index (κ2) is 7.06. The first-order valence-corrected chi connectivity index (χ1v) is 9.16. The molecule has 128 valence electrons. The molecular weight excluding hydrogens is 342 g/mol. The number of pyridine rings is 1. The minimum Gasteiger partial charge on any atom is -0.326 e. The number of fused-ring (bicyclic) bond motifs is 1. The number of thiazole rings is 1. The Balaban J connectivity index is 1.51. The third kappa shape index (κ3) is 3.63. The molecule has 0 aliphatic rings. The summed E-state index contributed by atoms with van der Waals surface area (Å²) in [5, 5.41) is 3.87. The zero-order chi connectivity index (χ0) is 17.9. The molecule has 0 saturated heterocycles. The highest BCUT2D eigenvalue weighted by Crippen LogP contribution is 2.30. The average molecular weight is 359 g/mol. The van der Waals surface area contributed by atoms with Gasteiger partial charge in [0, 0.05) is 17.4 Å². The number of carbonyl (C=O) groups is 1. The van der Waals surface area contributed by atoms with Crippen molar-refractivity contribution < 1.29 is 4.79 Å². The molecule has 4 aromatic rings. The van der Waals surface area contributed by atoms with E-state index in [1.807, 2.05) is 67.6 Å². The highest BCUT2D eigenvalue weighted by atomic mass is 32.1. The summed E-state index contributed by atoms with van der Waals surface area (Å²) in [4.78, 5) is 22.2. The van der Waals surface area contributed by atoms with E-state index in [0.717, 1.165) is 32.2 Å². The molecule has 0 fully saturated rings. The van der Waals surface area contributed by atoms with E-state index in [-0.39, 0.29) is 5.91 Å². The quantitative estimate of drug-likeness (QED) is 0.567. The first-order chi connectivity index (χ1) is 12.7. The Labute approximate surface area is 155 Å². The van der Waals surface area contributed by atoms with E-state index in [4.69, 9.17) is 0 Å². The summed E-state index contributed by atoms with van der Waals surface area (Å²) in [6.45, 7) is 2.03. The minimum absolute atomic E-state index is 0.0306. The summed E-state index contributed by atoms with van der Waals surface area (Å²) in [6, 6.07) is 19.6. The molecule has 0 radical (unpaired) electrons. The molecule has 0 aliphatic heterocycles. The maximum absolute atomic E-state index is 12.3. The van der Waals surface area contributed by atoms with Gasteiger partial charge in [0.1, 0.15) is 15.4 Å². The van der Waals surface area contributed by atoms with Gasteiger partial charge in [0.25, 0.3) is 0 Å². The van der Waals surface area contributed by atoms with Crippen LogP contribution in [0.4, 0.5) is 5.69 Å². The van der Waals surface area contributed by atoms with Crippen LogP contribution in [0, 0.1) is 6.92 Å². The van der Waals surface area contributed by atoms with Crippen LogP contribution in [0.15, 0.2) is 66.9 Å². The van der Waals surface area contributed by atoms with Crippen LogP contribution in [0.2, 0.25) is 0 Å². The number of benzene rings is 2. The highest BCUT2D eigenvalue weighted by Gasteiger charge is 2.09. The summed E-state index contributed by atoms with van der Waals surface area (Å²) in [5.74, 6) is -0.0306. The van der Waals surface area contributed by atoms with Crippen LogP contribution in [0.5, 0.6) is 0 Å². The number of hydrogen-bond acceptors (Lipinski definition) is 4. The second-order valence-electron chi connectivity index (χ2n) is 6.14. The van der Waals surface area contributed by atoms with Gasteiger partial charge in [-0.2, -0.15) is 0 Å². The lowest BCUT2D eigenvalue weighted by molar-refractivity contribution is -0.115. The summed E-state index contributed by atoms with van der Waals surface area (Å²) in [7, 11) is 0. The molecule has 0 bridgehead atoms. The topological polar surface area (TPSA) is 54.9 Å². The molecule has 1 N–H and O–H groups in total. The van der Waals surface area contributed by atoms with Gasteiger partial charge in [-0.3, -0.25) is 4.79 Å². The van der Waals surface area contributed by atoms with Gasteiger partial charge in [0.15, 0.2) is 0 Å². The zero-order valence-corrected chi connectivity index (χ0v) is 15.1. The summed E-state index contributed by atoms with van der Waals surface area (Å²) in [6.07, 6.45) is 2.13. The molecule has 5 heteroatoms. The van der Waals surface area contributed by atoms with Gasteiger partial charge in [-0.25, -0.2) is 9.97 Å². The van der Waals surface area contributed by atoms with Crippen molar-refractivity contribution >= 4 is 33.3 Å². The van der Waals surface area contributed by atoms with Crippen LogP contribution < -0.4 is 5.32 Å². The first kappa shape index (κ1) is 16.4. The Morgan fingerprint density at radius 1 is 1.08 bits per heavy atom. The van der Waals surface area contributed by atoms with Gasteiger partial charge < -0.3 is 5.32 Å². The number of nitrogens with zero attached hydrogens (tertiary/aromatic N) is 2. The maximum Gasteiger partial charge on any atom is 0.228 e. The lowest BCUT2D eigenvalue weighted by atomic mass is 10.1. The fourth-order valence-electron chi connectivity index (χ4n) is 2.72. The number of anilines is 1. The molecule has 2 aromatic carbocycles. The van der Waals surface area contributed by atoms with Crippen molar-refractivity contribution in [2.45, 2.75) is 13.3 Å². The number of amides is 1. The smallest absolute Gasteiger partial charge is 0.228 e. The molecule has 4 rings (SSSR count). The van der Waals surface area contributed by atoms with E-state index < -0.39 is 0 Å². The number of hydrogen-bond donors (Lipinski definition) is 1. The fourth-order valence-corrected chi connectivity index (χ4v) is 3.62. The largest absolute Gasteiger partial charge is 0.326 e. The van der Waals surface area contributed by atoms with Crippen LogP contribution in [-0.2, 0) is 11.2 Å². The summed E-state index contributed by atoms with van der Waals surface area (Å²) < 4.78 is 0. The monoisotopic (exact) mass is 359 g/mol. The Morgan fingerprint density at radius 3 is 2.73 bits per heavy atom. The van der Waals surface area contributed by atoms with Crippen molar-refractivity contribution in [1.82, 2.24) is 9.97 Å². The van der Waals surface area contributed by atoms with Crippen LogP contribution in [0.1, 0.15) is 11.1 Å². The van der Waals surface area contributed by atoms with Crippen LogP contribution in [0.25, 0.3) is 20.9 Å². The first-order valence-electron chi connectivity index (χ1n) is 8.35. The molecule has 26 heavy (non-hydrogen) atoms. The second-order valence-corrected chi connectivity index (χ2v) is 7.12. The SMILES string of the molecule is Cc1ccc(CC(=O)Nc2cccc(-c3nc4cccnc4s3)c2)cc1. The van der Waals surface area contributed by atoms with E-state index in [1.165, 1.54) is 5.56 Å². The molecule has 4 nitrogen and oxygen atoms in total. The molecule has 2 heterocycles. The van der Waals surface area contributed by atoms with Crippen molar-refractivity contribution in [1.29, 1.82) is 0 Å². The van der Waals surface area contributed by atoms with Crippen LogP contribution in [-0.4, -0.2) is 15.9 Å². The number of aryl methyl sites for hydroxylation is 1. The van der Waals surface area contributed by atoms with Gasteiger partial charge >= 0.3 is 0 Å². The van der Waals surface area contributed by atoms with Crippen LogP contribution >= 0.6 is 11.3 Å². The summed E-state index contributed by atoms with van der Waals surface area (Å²) >= 11 is 1.55. The van der Waals surface area contributed by atoms with Crippen LogP contribution in [0.3, 0.4) is 0 Å². The fraction of sp³-hybridized carbons (Fsp3) is 0.0952. The predicted molar refractivity (Wildman–Crippen MR) is 106 cm³/mol. The lowest BCUT2D eigenvalue weighted by Crippen LogP contribution is -2.14. The zero-order valence-electron chi connectivity index (χ0n) is 14.3. The Hall–Kier alpha value is -3.05. The van der Waals surface area contributed by atoms with E-state index in [0.29, 0.717) is 6.42 Å². The van der Waals surface area contributed by atoms with Gasteiger partial charge in [0.2, 0.25) is 5.91 Å². The molecule has 2 aromatic heterocycles. The third-order valence-electron chi connectivity index (χ3n) is 4.04. The van der Waals surface area contributed by atoms with E-state index >= 15 is 0 Å². The summed E-state index contributed by atoms with van der Waals surface area (Å²) in [5.41, 5.74) is 4.82. The Kier molecular flexibility index (Phi) is 4.46. The highest BCUT2D eigenvalue weighted by molar-refractivity contribution is 7.21. The minimum atomic E-state index is -0.0306. The van der Waals surface area contributed by atoms with Gasteiger partial charge in [-0.1, -0.05) is 53.3 Å². The Bertz CT molecular complexity index is 1040. The lowest BCUT2D eigenvalue weighted by Gasteiger charge is -2.07. The van der Waals surface area contributed by atoms with Crippen molar-refractivity contribution in [3.63, 3.8) is 0 Å². The normalized spacial score (nSPS) is 10.8. The molecule has 0 unspecified atom stereocenters. The number of aromatic nitrogens is 2. The number of rotatable bonds is 4. The molecule has 1 amide bonds. The third-order valence-corrected chi connectivity index (χ3v) is 5.07. The number of carbonyl (C=O) groups excluding carboxylic acids is 1. The van der Waals surface area contributed by atoms with Crippen molar-refractivity contribution in [3.8, 4) is 10.6 Å². The average Bonchev–Trinajstić information content (AvgIpc) is 3.08. The number of nitrogens with one attached hydrogen (secondary N) is 1. The van der Waals surface area contributed by atoms with Crippen molar-refractivity contribution in [2.24, 2.45) is 0 Å². The standard InChI is InChI=1S/C21H17N3OS/c1-14-7-9-15(10-8-14)12-19(25)23-17-5-2-4-16(13-17)20-24-18-6-3-11-22-21(18)26-20/h2-11,13H,12H2,1H3,(H,23,25). The molecule has 0 spiro atoms. The molecule has 0 saturated carbocycles. The Morgan fingerprint density at radius 2 is 1.92 bits per heavy atom. The molecule has 0 atom stereocenters. The van der Waals surface area contributed by atoms with Gasteiger partial charge in [-0.05, 0) is 36.8 Å². The van der Waals surface area contributed by atoms with E-state index in [9.17, 15) is 4.79 Å². The van der Waals surface area contributed by atoms with Gasteiger partial charge in [-0.15, -0.1) is 0 Å². The van der Waals surface area contributed by atoms with E-state index in [2.05, 4.69) is 15.3 Å². The molecular formula is C21H17N3OS. The molecule has 0 aliphatic carbocycles. The van der Waals surface area contributed by atoms with Crippen molar-refractivity contribution in [3.05, 3.63) is 78.0 Å². The van der Waals surface area contributed by atoms with E-state index in [1.54, 1.807) is 17.5 Å². The predicted octanol–water partition coefficient (Wildman–Crippen LogP) is 4.85.